The number of pyridine rings is 1. The molecule has 1 aliphatic rings. The van der Waals surface area contributed by atoms with Gasteiger partial charge in [-0.2, -0.15) is 0 Å². The van der Waals surface area contributed by atoms with Crippen LogP contribution in [0.1, 0.15) is 71.3 Å². The first-order chi connectivity index (χ1) is 16.0. The Kier molecular flexibility index (Phi) is 9.22. The summed E-state index contributed by atoms with van der Waals surface area (Å²) >= 11 is 0. The van der Waals surface area contributed by atoms with Crippen LogP contribution in [-0.2, 0) is 6.42 Å². The van der Waals surface area contributed by atoms with E-state index in [0.717, 1.165) is 62.3 Å². The van der Waals surface area contributed by atoms with Gasteiger partial charge in [-0.3, -0.25) is 4.99 Å². The zero-order valence-electron chi connectivity index (χ0n) is 20.7. The first kappa shape index (κ1) is 25.1. The number of anilines is 1. The van der Waals surface area contributed by atoms with Crippen molar-refractivity contribution in [2.24, 2.45) is 10.4 Å². The predicted molar refractivity (Wildman–Crippen MR) is 140 cm³/mol. The summed E-state index contributed by atoms with van der Waals surface area (Å²) in [5.41, 5.74) is 3.86. The molecule has 1 fully saturated rings. The van der Waals surface area contributed by atoms with E-state index in [4.69, 9.17) is 4.99 Å². The number of aliphatic imine (C=N–C) groups is 1. The predicted octanol–water partition coefficient (Wildman–Crippen LogP) is 7.65. The quantitative estimate of drug-likeness (QED) is 0.330. The van der Waals surface area contributed by atoms with Gasteiger partial charge in [0.2, 0.25) is 0 Å². The molecule has 0 amide bonds. The maximum absolute atomic E-state index is 14.7. The average Bonchev–Trinajstić information content (AvgIpc) is 2.84. The van der Waals surface area contributed by atoms with Crippen LogP contribution >= 0.6 is 0 Å². The minimum Gasteiger partial charge on any atom is -0.356 e. The Balaban J connectivity index is 1.55. The van der Waals surface area contributed by atoms with Crippen LogP contribution in [0.3, 0.4) is 0 Å². The highest BCUT2D eigenvalue weighted by Gasteiger charge is 2.22. The third-order valence-electron chi connectivity index (χ3n) is 7.00. The molecule has 0 spiro atoms. The summed E-state index contributed by atoms with van der Waals surface area (Å²) in [6, 6.07) is 9.60. The third-order valence-corrected chi connectivity index (χ3v) is 7.00. The zero-order valence-corrected chi connectivity index (χ0v) is 20.7. The van der Waals surface area contributed by atoms with Gasteiger partial charge in [0.1, 0.15) is 11.6 Å². The molecular formula is C29H40FN3. The van der Waals surface area contributed by atoms with E-state index in [1.165, 1.54) is 25.0 Å². The van der Waals surface area contributed by atoms with Crippen LogP contribution in [0.15, 0.2) is 54.2 Å². The normalized spacial score (nSPS) is 15.9. The molecule has 2 aromatic rings. The molecule has 1 aromatic heterocycles. The summed E-state index contributed by atoms with van der Waals surface area (Å²) in [5, 5.41) is 0. The molecule has 0 saturated carbocycles. The summed E-state index contributed by atoms with van der Waals surface area (Å²) in [6.45, 7) is 13.4. The minimum absolute atomic E-state index is 0.132. The molecule has 1 aliphatic heterocycles. The molecule has 1 saturated heterocycles. The van der Waals surface area contributed by atoms with Crippen LogP contribution in [0.2, 0.25) is 0 Å². The van der Waals surface area contributed by atoms with Gasteiger partial charge in [-0.25, -0.2) is 9.37 Å². The molecule has 0 N–H and O–H groups in total. The molecule has 1 aromatic carbocycles. The topological polar surface area (TPSA) is 28.5 Å². The van der Waals surface area contributed by atoms with Gasteiger partial charge in [-0.15, -0.1) is 6.58 Å². The Hall–Kier alpha value is -2.49. The Morgan fingerprint density at radius 3 is 2.58 bits per heavy atom. The van der Waals surface area contributed by atoms with E-state index in [-0.39, 0.29) is 5.82 Å². The SMILES string of the molecule is C=CCC(C)(CCCC)CCN=C1CCN(c2ccc(-c3cccc(CC)c3F)cn2)CC1. The van der Waals surface area contributed by atoms with Gasteiger partial charge in [0.15, 0.2) is 0 Å². The van der Waals surface area contributed by atoms with E-state index in [0.29, 0.717) is 17.4 Å². The lowest BCUT2D eigenvalue weighted by atomic mass is 9.79. The van der Waals surface area contributed by atoms with Crippen molar-refractivity contribution in [3.8, 4) is 11.1 Å². The molecule has 3 rings (SSSR count). The second-order valence-electron chi connectivity index (χ2n) is 9.63. The van der Waals surface area contributed by atoms with Gasteiger partial charge in [0, 0.05) is 55.5 Å². The number of allylic oxidation sites excluding steroid dienone is 1. The number of rotatable bonds is 11. The Labute approximate surface area is 199 Å². The van der Waals surface area contributed by atoms with Crippen LogP contribution in [0.25, 0.3) is 11.1 Å². The number of nitrogens with zero attached hydrogens (tertiary/aromatic N) is 3. The standard InChI is InChI=1S/C29H40FN3/c1-5-8-17-29(4,16-6-2)18-19-31-25-14-20-33(21-15-25)27-13-12-24(22-32-27)26-11-9-10-23(7-3)28(26)30/h6,9-13,22H,2,5,7-8,14-21H2,1,3-4H3. The average molecular weight is 450 g/mol. The Morgan fingerprint density at radius 1 is 1.15 bits per heavy atom. The van der Waals surface area contributed by atoms with Crippen molar-refractivity contribution in [2.45, 2.75) is 72.1 Å². The van der Waals surface area contributed by atoms with Gasteiger partial charge in [-0.1, -0.05) is 57.9 Å². The lowest BCUT2D eigenvalue weighted by Gasteiger charge is -2.30. The molecule has 2 heterocycles. The Morgan fingerprint density at radius 2 is 1.94 bits per heavy atom. The summed E-state index contributed by atoms with van der Waals surface area (Å²) in [7, 11) is 0. The summed E-state index contributed by atoms with van der Waals surface area (Å²) in [6.07, 6.45) is 12.5. The van der Waals surface area contributed by atoms with E-state index in [9.17, 15) is 4.39 Å². The number of aryl methyl sites for hydroxylation is 1. The second kappa shape index (κ2) is 12.1. The van der Waals surface area contributed by atoms with Crippen LogP contribution in [0, 0.1) is 11.2 Å². The summed E-state index contributed by atoms with van der Waals surface area (Å²) < 4.78 is 14.7. The summed E-state index contributed by atoms with van der Waals surface area (Å²) in [5.74, 6) is 0.829. The van der Waals surface area contributed by atoms with Crippen molar-refractivity contribution in [3.05, 3.63) is 60.6 Å². The molecule has 33 heavy (non-hydrogen) atoms. The van der Waals surface area contributed by atoms with E-state index in [1.807, 2.05) is 37.3 Å². The third kappa shape index (κ3) is 6.75. The molecule has 0 radical (unpaired) electrons. The molecular weight excluding hydrogens is 409 g/mol. The first-order valence-electron chi connectivity index (χ1n) is 12.6. The highest BCUT2D eigenvalue weighted by Crippen LogP contribution is 2.33. The van der Waals surface area contributed by atoms with Gasteiger partial charge in [0.25, 0.3) is 0 Å². The molecule has 4 heteroatoms. The molecule has 1 unspecified atom stereocenters. The number of unbranched alkanes of at least 4 members (excludes halogenated alkanes) is 1. The highest BCUT2D eigenvalue weighted by molar-refractivity contribution is 5.86. The lowest BCUT2D eigenvalue weighted by molar-refractivity contribution is 0.272. The van der Waals surface area contributed by atoms with Gasteiger partial charge >= 0.3 is 0 Å². The maximum Gasteiger partial charge on any atom is 0.134 e. The van der Waals surface area contributed by atoms with Crippen molar-refractivity contribution in [1.82, 2.24) is 4.98 Å². The molecule has 0 bridgehead atoms. The number of aromatic nitrogens is 1. The largest absolute Gasteiger partial charge is 0.356 e. The fourth-order valence-corrected chi connectivity index (χ4v) is 4.73. The number of hydrogen-bond acceptors (Lipinski definition) is 3. The number of benzene rings is 1. The Bertz CT molecular complexity index is 924. The van der Waals surface area contributed by atoms with Crippen molar-refractivity contribution in [2.75, 3.05) is 24.5 Å². The van der Waals surface area contributed by atoms with Crippen LogP contribution in [0.5, 0.6) is 0 Å². The highest BCUT2D eigenvalue weighted by atomic mass is 19.1. The lowest BCUT2D eigenvalue weighted by Crippen LogP contribution is -2.34. The van der Waals surface area contributed by atoms with Crippen molar-refractivity contribution in [3.63, 3.8) is 0 Å². The molecule has 3 nitrogen and oxygen atoms in total. The fraction of sp³-hybridized carbons (Fsp3) is 0.517. The zero-order chi connectivity index (χ0) is 23.7. The van der Waals surface area contributed by atoms with E-state index < -0.39 is 0 Å². The summed E-state index contributed by atoms with van der Waals surface area (Å²) in [4.78, 5) is 11.9. The smallest absolute Gasteiger partial charge is 0.134 e. The van der Waals surface area contributed by atoms with E-state index >= 15 is 0 Å². The van der Waals surface area contributed by atoms with Gasteiger partial charge < -0.3 is 4.90 Å². The number of piperidine rings is 1. The van der Waals surface area contributed by atoms with E-state index in [1.54, 1.807) is 6.20 Å². The van der Waals surface area contributed by atoms with Gasteiger partial charge in [-0.05, 0) is 48.8 Å². The van der Waals surface area contributed by atoms with Gasteiger partial charge in [0.05, 0.1) is 0 Å². The monoisotopic (exact) mass is 449 g/mol. The van der Waals surface area contributed by atoms with Crippen LogP contribution in [-0.4, -0.2) is 30.3 Å². The first-order valence-corrected chi connectivity index (χ1v) is 12.6. The number of hydrogen-bond donors (Lipinski definition) is 0. The van der Waals surface area contributed by atoms with Crippen molar-refractivity contribution < 1.29 is 4.39 Å². The minimum atomic E-state index is -0.132. The van der Waals surface area contributed by atoms with E-state index in [2.05, 4.69) is 36.4 Å². The molecule has 0 aliphatic carbocycles. The van der Waals surface area contributed by atoms with Crippen LogP contribution in [0.4, 0.5) is 10.2 Å². The molecule has 1 atom stereocenters. The second-order valence-corrected chi connectivity index (χ2v) is 9.63. The van der Waals surface area contributed by atoms with Crippen molar-refractivity contribution in [1.29, 1.82) is 0 Å². The fourth-order valence-electron chi connectivity index (χ4n) is 4.73. The number of halogens is 1. The van der Waals surface area contributed by atoms with Crippen LogP contribution < -0.4 is 4.90 Å². The molecule has 178 valence electrons. The maximum atomic E-state index is 14.7. The van der Waals surface area contributed by atoms with Crippen molar-refractivity contribution >= 4 is 11.5 Å².